The molecule has 1 aromatic heterocycles. The lowest BCUT2D eigenvalue weighted by atomic mass is 9.83. The Morgan fingerprint density at radius 2 is 1.60 bits per heavy atom. The average Bonchev–Trinajstić information content (AvgIpc) is 3.43. The molecule has 3 heterocycles. The van der Waals surface area contributed by atoms with Crippen LogP contribution in [0.4, 0.5) is 24.5 Å². The second kappa shape index (κ2) is 11.0. The van der Waals surface area contributed by atoms with Gasteiger partial charge in [-0.15, -0.1) is 0 Å². The predicted molar refractivity (Wildman–Crippen MR) is 156 cm³/mol. The maximum atomic E-state index is 14.0. The number of hydrogen-bond acceptors (Lipinski definition) is 7. The standard InChI is InChI=1S/C30H22F3N3O5S2/c1-41-18-13-11-16(12-14-18)22-23-24(27(39)36(26(23)38)20-10-6-5-9-19(20)30(31,32)33)42-28-25(22)43-29(40)35(28)15-21(37)34-17-7-3-2-4-8-17/h2-14,22-24H,15H2,1H3,(H,34,37)/t22-,23?,24?/m1/s1. The van der Waals surface area contributed by atoms with Crippen LogP contribution in [0.2, 0.25) is 0 Å². The molecule has 1 N–H and O–H groups in total. The quantitative estimate of drug-likeness (QED) is 0.290. The van der Waals surface area contributed by atoms with Crippen LogP contribution in [0.25, 0.3) is 0 Å². The molecule has 8 nitrogen and oxygen atoms in total. The minimum absolute atomic E-state index is 0.326. The van der Waals surface area contributed by atoms with Crippen LogP contribution in [0.1, 0.15) is 21.9 Å². The topological polar surface area (TPSA) is 97.7 Å². The normalized spacial score (nSPS) is 19.6. The van der Waals surface area contributed by atoms with E-state index < -0.39 is 57.1 Å². The number of rotatable bonds is 6. The van der Waals surface area contributed by atoms with Crippen molar-refractivity contribution >= 4 is 52.2 Å². The summed E-state index contributed by atoms with van der Waals surface area (Å²) in [4.78, 5) is 54.6. The first-order valence-corrected chi connectivity index (χ1v) is 14.7. The number of alkyl halides is 3. The zero-order chi connectivity index (χ0) is 30.5. The molecule has 1 saturated heterocycles. The number of methoxy groups -OCH3 is 1. The van der Waals surface area contributed by atoms with E-state index in [1.807, 2.05) is 0 Å². The lowest BCUT2D eigenvalue weighted by Crippen LogP contribution is -2.33. The predicted octanol–water partition coefficient (Wildman–Crippen LogP) is 5.37. The van der Waals surface area contributed by atoms with Gasteiger partial charge in [-0.05, 0) is 42.0 Å². The average molecular weight is 626 g/mol. The number of carbonyl (C=O) groups is 3. The first-order chi connectivity index (χ1) is 20.6. The number of hydrogen-bond donors (Lipinski definition) is 1. The number of nitrogens with zero attached hydrogens (tertiary/aromatic N) is 2. The maximum absolute atomic E-state index is 14.0. The van der Waals surface area contributed by atoms with Gasteiger partial charge >= 0.3 is 11.0 Å². The molecule has 220 valence electrons. The number of thiazole rings is 1. The van der Waals surface area contributed by atoms with Crippen LogP contribution in [0.3, 0.4) is 0 Å². The van der Waals surface area contributed by atoms with Crippen LogP contribution in [-0.2, 0) is 27.1 Å². The van der Waals surface area contributed by atoms with Crippen LogP contribution >= 0.6 is 23.1 Å². The fourth-order valence-electron chi connectivity index (χ4n) is 5.44. The van der Waals surface area contributed by atoms with Gasteiger partial charge in [0.05, 0.1) is 29.3 Å². The third-order valence-corrected chi connectivity index (χ3v) is 9.94. The minimum atomic E-state index is -4.81. The number of aromatic nitrogens is 1. The van der Waals surface area contributed by atoms with E-state index in [1.165, 1.54) is 23.8 Å². The fraction of sp³-hybridized carbons (Fsp3) is 0.200. The van der Waals surface area contributed by atoms with E-state index in [-0.39, 0.29) is 6.54 Å². The highest BCUT2D eigenvalue weighted by atomic mass is 32.2. The highest BCUT2D eigenvalue weighted by Gasteiger charge is 2.57. The van der Waals surface area contributed by atoms with Crippen LogP contribution in [0.15, 0.2) is 88.7 Å². The summed E-state index contributed by atoms with van der Waals surface area (Å²) < 4.78 is 48.3. The summed E-state index contributed by atoms with van der Waals surface area (Å²) in [6, 6.07) is 19.8. The second-order valence-electron chi connectivity index (χ2n) is 9.88. The van der Waals surface area contributed by atoms with Gasteiger partial charge in [-0.3, -0.25) is 23.7 Å². The van der Waals surface area contributed by atoms with E-state index in [0.717, 1.165) is 35.2 Å². The molecular weight excluding hydrogens is 603 g/mol. The molecule has 3 atom stereocenters. The Morgan fingerprint density at radius 1 is 0.930 bits per heavy atom. The number of carbonyl (C=O) groups excluding carboxylic acids is 3. The Morgan fingerprint density at radius 3 is 2.28 bits per heavy atom. The fourth-order valence-corrected chi connectivity index (χ4v) is 8.21. The molecule has 3 aromatic carbocycles. The number of ether oxygens (including phenoxy) is 1. The number of para-hydroxylation sites is 2. The summed E-state index contributed by atoms with van der Waals surface area (Å²) in [5, 5.41) is 1.92. The van der Waals surface area contributed by atoms with Crippen molar-refractivity contribution in [1.29, 1.82) is 0 Å². The van der Waals surface area contributed by atoms with Gasteiger partial charge in [0.15, 0.2) is 0 Å². The summed E-state index contributed by atoms with van der Waals surface area (Å²) in [5.74, 6) is -3.48. The third kappa shape index (κ3) is 5.12. The Bertz CT molecular complexity index is 1790. The summed E-state index contributed by atoms with van der Waals surface area (Å²) >= 11 is 1.78. The molecule has 3 amide bonds. The van der Waals surface area contributed by atoms with Crippen LogP contribution < -0.4 is 19.8 Å². The van der Waals surface area contributed by atoms with E-state index in [1.54, 1.807) is 54.6 Å². The molecule has 0 aliphatic carbocycles. The van der Waals surface area contributed by atoms with Crippen molar-refractivity contribution in [1.82, 2.24) is 4.57 Å². The number of thioether (sulfide) groups is 1. The summed E-state index contributed by atoms with van der Waals surface area (Å²) in [6.07, 6.45) is -4.81. The zero-order valence-corrected chi connectivity index (χ0v) is 24.0. The Labute approximate surface area is 251 Å². The van der Waals surface area contributed by atoms with Gasteiger partial charge in [-0.1, -0.05) is 65.6 Å². The first-order valence-electron chi connectivity index (χ1n) is 13.0. The van der Waals surface area contributed by atoms with Crippen LogP contribution in [0, 0.1) is 5.92 Å². The van der Waals surface area contributed by atoms with Gasteiger partial charge in [-0.25, -0.2) is 4.90 Å². The number of anilines is 2. The van der Waals surface area contributed by atoms with E-state index in [2.05, 4.69) is 5.32 Å². The van der Waals surface area contributed by atoms with Gasteiger partial charge < -0.3 is 10.1 Å². The molecule has 2 aliphatic heterocycles. The van der Waals surface area contributed by atoms with Crippen molar-refractivity contribution in [3.05, 3.63) is 105 Å². The Hall–Kier alpha value is -4.36. The van der Waals surface area contributed by atoms with Gasteiger partial charge in [0.1, 0.15) is 17.5 Å². The molecule has 43 heavy (non-hydrogen) atoms. The SMILES string of the molecule is COc1ccc([C@H]2c3sc(=O)n(CC(=O)Nc4ccccc4)c3SC3C(=O)N(c4ccccc4C(F)(F)F)C(=O)C32)cc1. The largest absolute Gasteiger partial charge is 0.497 e. The molecule has 13 heteroatoms. The highest BCUT2D eigenvalue weighted by Crippen LogP contribution is 2.54. The summed E-state index contributed by atoms with van der Waals surface area (Å²) in [6.45, 7) is -0.359. The van der Waals surface area contributed by atoms with Crippen molar-refractivity contribution in [2.75, 3.05) is 17.3 Å². The molecule has 6 rings (SSSR count). The molecule has 1 fully saturated rings. The number of nitrogens with one attached hydrogen (secondary N) is 1. The maximum Gasteiger partial charge on any atom is 0.418 e. The molecule has 2 unspecified atom stereocenters. The van der Waals surface area contributed by atoms with Gasteiger partial charge in [0.25, 0.3) is 0 Å². The Kier molecular flexibility index (Phi) is 7.38. The minimum Gasteiger partial charge on any atom is -0.497 e. The summed E-state index contributed by atoms with van der Waals surface area (Å²) in [5.41, 5.74) is -0.544. The lowest BCUT2D eigenvalue weighted by molar-refractivity contribution is -0.137. The van der Waals surface area contributed by atoms with Crippen molar-refractivity contribution in [2.45, 2.75) is 28.9 Å². The van der Waals surface area contributed by atoms with Gasteiger partial charge in [0, 0.05) is 16.5 Å². The van der Waals surface area contributed by atoms with Crippen molar-refractivity contribution in [2.24, 2.45) is 5.92 Å². The van der Waals surface area contributed by atoms with Crippen molar-refractivity contribution in [3.63, 3.8) is 0 Å². The summed E-state index contributed by atoms with van der Waals surface area (Å²) in [7, 11) is 1.49. The number of amides is 3. The van der Waals surface area contributed by atoms with Crippen molar-refractivity contribution < 1.29 is 32.3 Å². The van der Waals surface area contributed by atoms with E-state index >= 15 is 0 Å². The molecule has 0 saturated carbocycles. The van der Waals surface area contributed by atoms with E-state index in [4.69, 9.17) is 4.74 Å². The molecular formula is C30H22F3N3O5S2. The lowest BCUT2D eigenvalue weighted by Gasteiger charge is -2.30. The van der Waals surface area contributed by atoms with E-state index in [0.29, 0.717) is 31.8 Å². The van der Waals surface area contributed by atoms with Gasteiger partial charge in [-0.2, -0.15) is 13.2 Å². The zero-order valence-electron chi connectivity index (χ0n) is 22.3. The molecule has 0 bridgehead atoms. The molecule has 0 spiro atoms. The van der Waals surface area contributed by atoms with Crippen LogP contribution in [-0.4, -0.2) is 34.6 Å². The Balaban J connectivity index is 1.44. The number of imide groups is 1. The van der Waals surface area contributed by atoms with Gasteiger partial charge in [0.2, 0.25) is 17.7 Å². The number of halogens is 3. The molecule has 2 aliphatic rings. The van der Waals surface area contributed by atoms with Crippen molar-refractivity contribution in [3.8, 4) is 5.75 Å². The van der Waals surface area contributed by atoms with E-state index in [9.17, 15) is 32.3 Å². The molecule has 0 radical (unpaired) electrons. The second-order valence-corrected chi connectivity index (χ2v) is 12.0. The van der Waals surface area contributed by atoms with Crippen LogP contribution in [0.5, 0.6) is 5.75 Å². The monoisotopic (exact) mass is 625 g/mol. The smallest absolute Gasteiger partial charge is 0.418 e. The molecule has 4 aromatic rings. The first kappa shape index (κ1) is 28.7. The third-order valence-electron chi connectivity index (χ3n) is 7.33. The number of benzene rings is 3. The number of fused-ring (bicyclic) bond motifs is 2. The highest BCUT2D eigenvalue weighted by molar-refractivity contribution is 8.00.